The summed E-state index contributed by atoms with van der Waals surface area (Å²) in [6.45, 7) is 1.61. The first kappa shape index (κ1) is 17.6. The van der Waals surface area contributed by atoms with Gasteiger partial charge >= 0.3 is 0 Å². The summed E-state index contributed by atoms with van der Waals surface area (Å²) < 4.78 is 0. The number of rotatable bonds is 5. The van der Waals surface area contributed by atoms with Crippen molar-refractivity contribution in [1.82, 2.24) is 5.32 Å². The highest BCUT2D eigenvalue weighted by atomic mass is 35.5. The van der Waals surface area contributed by atoms with E-state index in [1.807, 2.05) is 30.3 Å². The van der Waals surface area contributed by atoms with E-state index in [9.17, 15) is 0 Å². The smallest absolute Gasteiger partial charge is 0.0450 e. The van der Waals surface area contributed by atoms with Crippen LogP contribution in [-0.4, -0.2) is 0 Å². The van der Waals surface area contributed by atoms with Gasteiger partial charge in [0.1, 0.15) is 0 Å². The zero-order valence-corrected chi connectivity index (χ0v) is 14.3. The Kier molecular flexibility index (Phi) is 6.66. The average Bonchev–Trinajstić information content (AvgIpc) is 2.58. The van der Waals surface area contributed by atoms with Crippen molar-refractivity contribution in [1.29, 1.82) is 0 Å². The van der Waals surface area contributed by atoms with Crippen molar-refractivity contribution >= 4 is 24.0 Å². The number of hydrogen-bond donors (Lipinski definition) is 1. The van der Waals surface area contributed by atoms with Crippen LogP contribution in [0.25, 0.3) is 11.1 Å². The first-order valence-electron chi connectivity index (χ1n) is 7.41. The van der Waals surface area contributed by atoms with Crippen molar-refractivity contribution in [3.8, 4) is 11.1 Å². The van der Waals surface area contributed by atoms with Gasteiger partial charge in [-0.1, -0.05) is 84.4 Å². The Morgan fingerprint density at radius 2 is 1.26 bits per heavy atom. The summed E-state index contributed by atoms with van der Waals surface area (Å²) in [5, 5.41) is 4.25. The van der Waals surface area contributed by atoms with Crippen LogP contribution >= 0.6 is 24.0 Å². The van der Waals surface area contributed by atoms with Gasteiger partial charge in [0.15, 0.2) is 0 Å². The van der Waals surface area contributed by atoms with Crippen molar-refractivity contribution in [3.05, 3.63) is 95.0 Å². The molecular formula is C20H19Cl2N. The molecule has 0 aromatic heterocycles. The molecule has 0 unspecified atom stereocenters. The molecule has 0 atom stereocenters. The van der Waals surface area contributed by atoms with Gasteiger partial charge in [0.25, 0.3) is 0 Å². The minimum Gasteiger partial charge on any atom is -0.309 e. The summed E-state index contributed by atoms with van der Waals surface area (Å²) in [6.07, 6.45) is 0. The fourth-order valence-corrected chi connectivity index (χ4v) is 2.63. The van der Waals surface area contributed by atoms with Crippen LogP contribution in [0.5, 0.6) is 0 Å². The summed E-state index contributed by atoms with van der Waals surface area (Å²) in [4.78, 5) is 0. The Morgan fingerprint density at radius 3 is 1.96 bits per heavy atom. The molecule has 118 valence electrons. The lowest BCUT2D eigenvalue weighted by Crippen LogP contribution is -2.12. The molecule has 3 aromatic carbocycles. The molecule has 0 aliphatic heterocycles. The standard InChI is InChI=1S/C20H18ClN.ClH/c21-20-9-5-4-8-19(20)15-22-14-16-10-12-18(13-11-16)17-6-2-1-3-7-17;/h1-13,22H,14-15H2;1H. The van der Waals surface area contributed by atoms with Crippen molar-refractivity contribution in [2.45, 2.75) is 13.1 Å². The molecule has 3 aromatic rings. The predicted octanol–water partition coefficient (Wildman–Crippen LogP) is 5.72. The van der Waals surface area contributed by atoms with E-state index in [1.165, 1.54) is 16.7 Å². The van der Waals surface area contributed by atoms with Crippen LogP contribution in [0, 0.1) is 0 Å². The van der Waals surface area contributed by atoms with Crippen LogP contribution in [0.3, 0.4) is 0 Å². The maximum absolute atomic E-state index is 6.15. The van der Waals surface area contributed by atoms with E-state index in [0.717, 1.165) is 23.7 Å². The number of hydrogen-bond acceptors (Lipinski definition) is 1. The van der Waals surface area contributed by atoms with Crippen LogP contribution in [0.1, 0.15) is 11.1 Å². The summed E-state index contributed by atoms with van der Waals surface area (Å²) in [5.41, 5.74) is 4.89. The Bertz CT molecular complexity index is 724. The van der Waals surface area contributed by atoms with E-state index >= 15 is 0 Å². The van der Waals surface area contributed by atoms with Crippen LogP contribution < -0.4 is 5.32 Å². The van der Waals surface area contributed by atoms with Crippen molar-refractivity contribution in [2.75, 3.05) is 0 Å². The van der Waals surface area contributed by atoms with Crippen molar-refractivity contribution in [2.24, 2.45) is 0 Å². The molecule has 0 aliphatic carbocycles. The minimum atomic E-state index is 0. The lowest BCUT2D eigenvalue weighted by Gasteiger charge is -2.08. The highest BCUT2D eigenvalue weighted by Crippen LogP contribution is 2.19. The van der Waals surface area contributed by atoms with Gasteiger partial charge in [-0.25, -0.2) is 0 Å². The predicted molar refractivity (Wildman–Crippen MR) is 101 cm³/mol. The highest BCUT2D eigenvalue weighted by Gasteiger charge is 2.00. The highest BCUT2D eigenvalue weighted by molar-refractivity contribution is 6.31. The molecule has 1 nitrogen and oxygen atoms in total. The summed E-state index contributed by atoms with van der Waals surface area (Å²) in [5.74, 6) is 0. The average molecular weight is 344 g/mol. The van der Waals surface area contributed by atoms with Gasteiger partial charge in [0.05, 0.1) is 0 Å². The quantitative estimate of drug-likeness (QED) is 0.624. The Hall–Kier alpha value is -1.80. The van der Waals surface area contributed by atoms with Gasteiger partial charge in [-0.2, -0.15) is 0 Å². The maximum Gasteiger partial charge on any atom is 0.0450 e. The molecule has 0 saturated heterocycles. The first-order chi connectivity index (χ1) is 10.8. The zero-order chi connectivity index (χ0) is 15.2. The van der Waals surface area contributed by atoms with E-state index in [1.54, 1.807) is 0 Å². The molecule has 0 saturated carbocycles. The monoisotopic (exact) mass is 343 g/mol. The van der Waals surface area contributed by atoms with E-state index in [-0.39, 0.29) is 12.4 Å². The number of halogens is 2. The molecule has 0 heterocycles. The molecule has 0 amide bonds. The third kappa shape index (κ3) is 4.84. The Morgan fingerprint density at radius 1 is 0.652 bits per heavy atom. The summed E-state index contributed by atoms with van der Waals surface area (Å²) in [6, 6.07) is 27.0. The van der Waals surface area contributed by atoms with E-state index in [4.69, 9.17) is 11.6 Å². The molecule has 0 bridgehead atoms. The van der Waals surface area contributed by atoms with Crippen molar-refractivity contribution < 1.29 is 0 Å². The second-order valence-electron chi connectivity index (χ2n) is 5.26. The molecular weight excluding hydrogens is 325 g/mol. The normalized spacial score (nSPS) is 10.1. The number of benzene rings is 3. The van der Waals surface area contributed by atoms with Crippen LogP contribution in [0.15, 0.2) is 78.9 Å². The van der Waals surface area contributed by atoms with Crippen molar-refractivity contribution in [3.63, 3.8) is 0 Å². The van der Waals surface area contributed by atoms with Gasteiger partial charge in [0.2, 0.25) is 0 Å². The van der Waals surface area contributed by atoms with Gasteiger partial charge in [0, 0.05) is 18.1 Å². The molecule has 0 fully saturated rings. The summed E-state index contributed by atoms with van der Waals surface area (Å²) in [7, 11) is 0. The van der Waals surface area contributed by atoms with E-state index < -0.39 is 0 Å². The van der Waals surface area contributed by atoms with Crippen LogP contribution in [0.2, 0.25) is 5.02 Å². The third-order valence-electron chi connectivity index (χ3n) is 3.66. The first-order valence-corrected chi connectivity index (χ1v) is 7.79. The molecule has 0 aliphatic rings. The third-order valence-corrected chi connectivity index (χ3v) is 4.03. The maximum atomic E-state index is 6.15. The SMILES string of the molecule is Cl.Clc1ccccc1CNCc1ccc(-c2ccccc2)cc1. The minimum absolute atomic E-state index is 0. The topological polar surface area (TPSA) is 12.0 Å². The van der Waals surface area contributed by atoms with Gasteiger partial charge < -0.3 is 5.32 Å². The number of nitrogens with one attached hydrogen (secondary N) is 1. The Labute approximate surface area is 148 Å². The second-order valence-corrected chi connectivity index (χ2v) is 5.67. The second kappa shape index (κ2) is 8.73. The molecule has 23 heavy (non-hydrogen) atoms. The molecule has 3 heteroatoms. The van der Waals surface area contributed by atoms with Gasteiger partial charge in [-0.15, -0.1) is 12.4 Å². The van der Waals surface area contributed by atoms with Crippen LogP contribution in [0.4, 0.5) is 0 Å². The van der Waals surface area contributed by atoms with E-state index in [0.29, 0.717) is 0 Å². The lowest BCUT2D eigenvalue weighted by molar-refractivity contribution is 0.693. The fourth-order valence-electron chi connectivity index (χ4n) is 2.43. The van der Waals surface area contributed by atoms with Gasteiger partial charge in [-0.3, -0.25) is 0 Å². The summed E-state index contributed by atoms with van der Waals surface area (Å²) >= 11 is 6.15. The largest absolute Gasteiger partial charge is 0.309 e. The zero-order valence-electron chi connectivity index (χ0n) is 12.7. The Balaban J connectivity index is 0.00000192. The molecule has 0 radical (unpaired) electrons. The lowest BCUT2D eigenvalue weighted by atomic mass is 10.0. The molecule has 0 spiro atoms. The molecule has 1 N–H and O–H groups in total. The van der Waals surface area contributed by atoms with Gasteiger partial charge in [-0.05, 0) is 28.3 Å². The molecule has 3 rings (SSSR count). The fraction of sp³-hybridized carbons (Fsp3) is 0.100. The van der Waals surface area contributed by atoms with Crippen LogP contribution in [-0.2, 0) is 13.1 Å². The van der Waals surface area contributed by atoms with E-state index in [2.05, 4.69) is 53.8 Å².